The molecule has 1 aliphatic rings. The lowest BCUT2D eigenvalue weighted by Gasteiger charge is -2.24. The molecule has 0 spiro atoms. The first kappa shape index (κ1) is 26.9. The van der Waals surface area contributed by atoms with Crippen LogP contribution in [0.2, 0.25) is 0 Å². The molecule has 38 heavy (non-hydrogen) atoms. The minimum Gasteiger partial charge on any atom is -0.464 e. The zero-order valence-electron chi connectivity index (χ0n) is 22.5. The number of imidazole rings is 1. The number of carbonyl (C=O) groups is 3. The fourth-order valence-corrected chi connectivity index (χ4v) is 5.12. The topological polar surface area (TPSA) is 113 Å². The normalized spacial score (nSPS) is 13.9. The third-order valence-corrected chi connectivity index (χ3v) is 7.07. The Bertz CT molecular complexity index is 1400. The van der Waals surface area contributed by atoms with Gasteiger partial charge in [-0.25, -0.2) is 9.78 Å². The molecule has 0 aliphatic heterocycles. The number of esters is 1. The number of hydrogen-bond donors (Lipinski definition) is 3. The van der Waals surface area contributed by atoms with Gasteiger partial charge in [0.1, 0.15) is 5.70 Å². The maximum absolute atomic E-state index is 13.2. The molecule has 0 saturated carbocycles. The van der Waals surface area contributed by atoms with Gasteiger partial charge in [-0.2, -0.15) is 0 Å². The zero-order valence-corrected chi connectivity index (χ0v) is 22.5. The standard InChI is InChI=1S/C30H34N4O4/c1-17-13-22(28(35)33-19(3)23-12-8-10-21-9-6-7-11-24(21)23)14-18(2)27(17)29(36)34-26(30(37)38-5)15-25-20(4)31-16-32-25/h8,10,12-16,19H,6-7,9,11H2,1-5H3,(H,31,32)(H,33,35)(H,34,36)/t19-/m1/s1. The Kier molecular flexibility index (Phi) is 8.10. The van der Waals surface area contributed by atoms with Gasteiger partial charge in [0, 0.05) is 16.8 Å². The van der Waals surface area contributed by atoms with E-state index in [0.29, 0.717) is 27.9 Å². The first-order valence-electron chi connectivity index (χ1n) is 12.8. The molecule has 1 heterocycles. The van der Waals surface area contributed by atoms with Crippen LogP contribution in [0.15, 0.2) is 42.4 Å². The Morgan fingerprint density at radius 2 is 1.76 bits per heavy atom. The van der Waals surface area contributed by atoms with E-state index in [1.54, 1.807) is 32.9 Å². The molecule has 0 bridgehead atoms. The van der Waals surface area contributed by atoms with Crippen molar-refractivity contribution in [1.82, 2.24) is 20.6 Å². The summed E-state index contributed by atoms with van der Waals surface area (Å²) >= 11 is 0. The summed E-state index contributed by atoms with van der Waals surface area (Å²) in [6.07, 6.45) is 7.46. The number of fused-ring (bicyclic) bond motifs is 1. The second-order valence-corrected chi connectivity index (χ2v) is 9.79. The minimum absolute atomic E-state index is 0.0339. The number of H-pyrrole nitrogens is 1. The Morgan fingerprint density at radius 1 is 1.05 bits per heavy atom. The summed E-state index contributed by atoms with van der Waals surface area (Å²) in [6, 6.07) is 9.59. The molecule has 0 saturated heterocycles. The lowest BCUT2D eigenvalue weighted by Crippen LogP contribution is -2.30. The van der Waals surface area contributed by atoms with Crippen LogP contribution in [0.1, 0.15) is 85.7 Å². The van der Waals surface area contributed by atoms with E-state index < -0.39 is 11.9 Å². The van der Waals surface area contributed by atoms with Crippen LogP contribution in [-0.4, -0.2) is 34.9 Å². The Balaban J connectivity index is 1.54. The summed E-state index contributed by atoms with van der Waals surface area (Å²) in [6.45, 7) is 7.36. The zero-order chi connectivity index (χ0) is 27.4. The molecule has 2 amide bonds. The summed E-state index contributed by atoms with van der Waals surface area (Å²) in [5.74, 6) is -1.36. The van der Waals surface area contributed by atoms with Crippen LogP contribution in [0, 0.1) is 20.8 Å². The average Bonchev–Trinajstić information content (AvgIpc) is 3.30. The molecule has 0 unspecified atom stereocenters. The van der Waals surface area contributed by atoms with E-state index in [0.717, 1.165) is 24.1 Å². The van der Waals surface area contributed by atoms with Gasteiger partial charge in [-0.15, -0.1) is 0 Å². The first-order chi connectivity index (χ1) is 18.2. The number of amides is 2. The van der Waals surface area contributed by atoms with Crippen molar-refractivity contribution in [3.63, 3.8) is 0 Å². The van der Waals surface area contributed by atoms with Gasteiger partial charge in [0.15, 0.2) is 0 Å². The Morgan fingerprint density at radius 3 is 2.42 bits per heavy atom. The van der Waals surface area contributed by atoms with E-state index in [-0.39, 0.29) is 17.6 Å². The van der Waals surface area contributed by atoms with E-state index in [1.807, 2.05) is 6.92 Å². The van der Waals surface area contributed by atoms with E-state index in [1.165, 1.54) is 43.5 Å². The molecule has 198 valence electrons. The molecular weight excluding hydrogens is 480 g/mol. The molecule has 3 aromatic rings. The smallest absolute Gasteiger partial charge is 0.354 e. The van der Waals surface area contributed by atoms with Crippen LogP contribution in [-0.2, 0) is 22.4 Å². The molecule has 3 N–H and O–H groups in total. The number of carbonyl (C=O) groups excluding carboxylic acids is 3. The summed E-state index contributed by atoms with van der Waals surface area (Å²) in [5, 5.41) is 5.79. The van der Waals surface area contributed by atoms with Gasteiger partial charge in [-0.3, -0.25) is 9.59 Å². The first-order valence-corrected chi connectivity index (χ1v) is 12.8. The quantitative estimate of drug-likeness (QED) is 0.314. The van der Waals surface area contributed by atoms with Crippen LogP contribution in [0.4, 0.5) is 0 Å². The van der Waals surface area contributed by atoms with Gasteiger partial charge in [0.2, 0.25) is 0 Å². The van der Waals surface area contributed by atoms with Crippen molar-refractivity contribution in [1.29, 1.82) is 0 Å². The molecule has 0 fully saturated rings. The number of ether oxygens (including phenoxy) is 1. The Hall–Kier alpha value is -4.20. The maximum atomic E-state index is 13.2. The van der Waals surface area contributed by atoms with Crippen molar-refractivity contribution in [2.24, 2.45) is 0 Å². The third kappa shape index (κ3) is 5.69. The summed E-state index contributed by atoms with van der Waals surface area (Å²) in [4.78, 5) is 45.9. The third-order valence-electron chi connectivity index (χ3n) is 7.07. The second-order valence-electron chi connectivity index (χ2n) is 9.79. The van der Waals surface area contributed by atoms with E-state index >= 15 is 0 Å². The fourth-order valence-electron chi connectivity index (χ4n) is 5.12. The number of nitrogens with one attached hydrogen (secondary N) is 3. The van der Waals surface area contributed by atoms with Crippen LogP contribution in [0.25, 0.3) is 6.08 Å². The molecular formula is C30H34N4O4. The maximum Gasteiger partial charge on any atom is 0.354 e. The largest absolute Gasteiger partial charge is 0.464 e. The van der Waals surface area contributed by atoms with Crippen LogP contribution < -0.4 is 10.6 Å². The van der Waals surface area contributed by atoms with Crippen molar-refractivity contribution >= 4 is 23.9 Å². The van der Waals surface area contributed by atoms with Crippen molar-refractivity contribution in [2.75, 3.05) is 7.11 Å². The van der Waals surface area contributed by atoms with Gasteiger partial charge >= 0.3 is 5.97 Å². The highest BCUT2D eigenvalue weighted by Gasteiger charge is 2.22. The lowest BCUT2D eigenvalue weighted by atomic mass is 9.86. The predicted molar refractivity (Wildman–Crippen MR) is 146 cm³/mol. The van der Waals surface area contributed by atoms with Gasteiger partial charge in [-0.05, 0) is 99.4 Å². The number of hydrogen-bond acceptors (Lipinski definition) is 5. The van der Waals surface area contributed by atoms with E-state index in [2.05, 4.69) is 38.8 Å². The van der Waals surface area contributed by atoms with Crippen molar-refractivity contribution in [3.05, 3.63) is 92.7 Å². The van der Waals surface area contributed by atoms with Crippen molar-refractivity contribution in [3.8, 4) is 0 Å². The molecule has 4 rings (SSSR count). The predicted octanol–water partition coefficient (Wildman–Crippen LogP) is 4.65. The summed E-state index contributed by atoms with van der Waals surface area (Å²) in [7, 11) is 1.25. The molecule has 1 aliphatic carbocycles. The van der Waals surface area contributed by atoms with Crippen LogP contribution >= 0.6 is 0 Å². The highest BCUT2D eigenvalue weighted by molar-refractivity contribution is 6.05. The number of nitrogens with zero attached hydrogens (tertiary/aromatic N) is 1. The fraction of sp³-hybridized carbons (Fsp3) is 0.333. The van der Waals surface area contributed by atoms with E-state index in [9.17, 15) is 14.4 Å². The SMILES string of the molecule is COC(=O)C(=Cc1nc[nH]c1C)NC(=O)c1c(C)cc(C(=O)N[C@H](C)c2cccc3c2CCCC3)cc1C. The second kappa shape index (κ2) is 11.5. The molecule has 1 atom stereocenters. The highest BCUT2D eigenvalue weighted by Crippen LogP contribution is 2.28. The number of methoxy groups -OCH3 is 1. The number of rotatable bonds is 7. The number of aryl methyl sites for hydroxylation is 4. The monoisotopic (exact) mass is 514 g/mol. The summed E-state index contributed by atoms with van der Waals surface area (Å²) < 4.78 is 4.84. The van der Waals surface area contributed by atoms with Crippen LogP contribution in [0.5, 0.6) is 0 Å². The lowest BCUT2D eigenvalue weighted by molar-refractivity contribution is -0.136. The molecule has 8 heteroatoms. The average molecular weight is 515 g/mol. The number of aromatic amines is 1. The minimum atomic E-state index is -0.691. The van der Waals surface area contributed by atoms with Gasteiger partial charge in [0.05, 0.1) is 25.2 Å². The van der Waals surface area contributed by atoms with Crippen molar-refractivity contribution in [2.45, 2.75) is 59.4 Å². The van der Waals surface area contributed by atoms with Gasteiger partial charge in [-0.1, -0.05) is 18.2 Å². The molecule has 1 aromatic heterocycles. The molecule has 2 aromatic carbocycles. The van der Waals surface area contributed by atoms with Crippen LogP contribution in [0.3, 0.4) is 0 Å². The molecule has 0 radical (unpaired) electrons. The van der Waals surface area contributed by atoms with Gasteiger partial charge in [0.25, 0.3) is 11.8 Å². The van der Waals surface area contributed by atoms with Gasteiger partial charge < -0.3 is 20.4 Å². The molecule has 8 nitrogen and oxygen atoms in total. The highest BCUT2D eigenvalue weighted by atomic mass is 16.5. The summed E-state index contributed by atoms with van der Waals surface area (Å²) in [5.41, 5.74) is 7.22. The van der Waals surface area contributed by atoms with E-state index in [4.69, 9.17) is 4.74 Å². The van der Waals surface area contributed by atoms with Crippen molar-refractivity contribution < 1.29 is 19.1 Å². The Labute approximate surface area is 222 Å². The number of aromatic nitrogens is 2. The number of benzene rings is 2.